The predicted octanol–water partition coefficient (Wildman–Crippen LogP) is 1.41. The van der Waals surface area contributed by atoms with Gasteiger partial charge in [-0.15, -0.1) is 0 Å². The number of sulfonamides is 1. The van der Waals surface area contributed by atoms with Crippen LogP contribution < -0.4 is 10.6 Å². The molecule has 1 fully saturated rings. The zero-order valence-corrected chi connectivity index (χ0v) is 14.0. The summed E-state index contributed by atoms with van der Waals surface area (Å²) in [6.07, 6.45) is 2.35. The number of anilines is 1. The number of amides is 2. The number of hydrogen-bond donors (Lipinski definition) is 2. The van der Waals surface area contributed by atoms with E-state index in [-0.39, 0.29) is 12.1 Å². The molecule has 0 aliphatic carbocycles. The van der Waals surface area contributed by atoms with Gasteiger partial charge in [0.2, 0.25) is 10.0 Å². The molecule has 7 nitrogen and oxygen atoms in total. The maximum absolute atomic E-state index is 12.1. The third-order valence-electron chi connectivity index (χ3n) is 3.87. The molecule has 2 amide bonds. The molecule has 0 saturated carbocycles. The maximum atomic E-state index is 12.1. The number of benzene rings is 1. The van der Waals surface area contributed by atoms with Gasteiger partial charge in [-0.2, -0.15) is 5.26 Å². The van der Waals surface area contributed by atoms with E-state index in [4.69, 9.17) is 5.26 Å². The Kier molecular flexibility index (Phi) is 5.23. The van der Waals surface area contributed by atoms with E-state index in [0.29, 0.717) is 37.2 Å². The third kappa shape index (κ3) is 4.68. The Morgan fingerprint density at radius 1 is 1.35 bits per heavy atom. The fourth-order valence-corrected chi connectivity index (χ4v) is 3.38. The Morgan fingerprint density at radius 2 is 2.00 bits per heavy atom. The van der Waals surface area contributed by atoms with Crippen LogP contribution in [0.15, 0.2) is 18.2 Å². The van der Waals surface area contributed by atoms with Gasteiger partial charge in [0.15, 0.2) is 0 Å². The zero-order valence-electron chi connectivity index (χ0n) is 13.2. The molecule has 8 heteroatoms. The Hall–Kier alpha value is -2.11. The molecular formula is C15H20N4O3S. The molecule has 0 bridgehead atoms. The lowest BCUT2D eigenvalue weighted by Gasteiger charge is -2.30. The SMILES string of the molecule is Cc1ccc(C#N)cc1NC(=O)NC1CCN(S(C)(=O)=O)CC1. The molecule has 0 atom stereocenters. The van der Waals surface area contributed by atoms with Crippen LogP contribution >= 0.6 is 0 Å². The molecule has 1 aromatic rings. The van der Waals surface area contributed by atoms with Gasteiger partial charge in [0.25, 0.3) is 0 Å². The quantitative estimate of drug-likeness (QED) is 0.871. The number of nitriles is 1. The van der Waals surface area contributed by atoms with Crippen LogP contribution in [0.1, 0.15) is 24.0 Å². The molecule has 0 aromatic heterocycles. The van der Waals surface area contributed by atoms with Crippen LogP contribution in [-0.4, -0.2) is 44.1 Å². The van der Waals surface area contributed by atoms with Crippen LogP contribution in [-0.2, 0) is 10.0 Å². The molecule has 1 aliphatic rings. The fourth-order valence-electron chi connectivity index (χ4n) is 2.50. The average Bonchev–Trinajstić information content (AvgIpc) is 2.49. The summed E-state index contributed by atoms with van der Waals surface area (Å²) in [5.74, 6) is 0. The summed E-state index contributed by atoms with van der Waals surface area (Å²) in [6.45, 7) is 2.67. The highest BCUT2D eigenvalue weighted by Crippen LogP contribution is 2.17. The van der Waals surface area contributed by atoms with E-state index in [9.17, 15) is 13.2 Å². The summed E-state index contributed by atoms with van der Waals surface area (Å²) in [5.41, 5.74) is 1.94. The lowest BCUT2D eigenvalue weighted by Crippen LogP contribution is -2.47. The van der Waals surface area contributed by atoms with E-state index in [1.807, 2.05) is 13.0 Å². The number of piperidine rings is 1. The average molecular weight is 336 g/mol. The highest BCUT2D eigenvalue weighted by atomic mass is 32.2. The first-order valence-electron chi connectivity index (χ1n) is 7.33. The Labute approximate surface area is 136 Å². The summed E-state index contributed by atoms with van der Waals surface area (Å²) < 4.78 is 24.3. The van der Waals surface area contributed by atoms with Crippen molar-refractivity contribution in [1.82, 2.24) is 9.62 Å². The Morgan fingerprint density at radius 3 is 2.57 bits per heavy atom. The molecule has 0 radical (unpaired) electrons. The minimum absolute atomic E-state index is 0.0625. The van der Waals surface area contributed by atoms with Crippen LogP contribution in [0, 0.1) is 18.3 Å². The van der Waals surface area contributed by atoms with Gasteiger partial charge in [0, 0.05) is 24.8 Å². The summed E-state index contributed by atoms with van der Waals surface area (Å²) >= 11 is 0. The van der Waals surface area contributed by atoms with E-state index < -0.39 is 10.0 Å². The van der Waals surface area contributed by atoms with Gasteiger partial charge in [0.05, 0.1) is 17.9 Å². The van der Waals surface area contributed by atoms with Gasteiger partial charge >= 0.3 is 6.03 Å². The Bertz CT molecular complexity index is 732. The van der Waals surface area contributed by atoms with E-state index in [1.165, 1.54) is 10.6 Å². The van der Waals surface area contributed by atoms with Crippen molar-refractivity contribution in [2.75, 3.05) is 24.7 Å². The molecule has 124 valence electrons. The maximum Gasteiger partial charge on any atom is 0.319 e. The topological polar surface area (TPSA) is 102 Å². The van der Waals surface area contributed by atoms with Gasteiger partial charge in [-0.3, -0.25) is 0 Å². The number of nitrogens with zero attached hydrogens (tertiary/aromatic N) is 2. The molecule has 0 unspecified atom stereocenters. The fraction of sp³-hybridized carbons (Fsp3) is 0.467. The van der Waals surface area contributed by atoms with Crippen molar-refractivity contribution in [2.24, 2.45) is 0 Å². The summed E-state index contributed by atoms with van der Waals surface area (Å²) in [5, 5.41) is 14.5. The van der Waals surface area contributed by atoms with E-state index >= 15 is 0 Å². The van der Waals surface area contributed by atoms with Crippen molar-refractivity contribution in [3.63, 3.8) is 0 Å². The normalized spacial score (nSPS) is 16.6. The summed E-state index contributed by atoms with van der Waals surface area (Å²) in [4.78, 5) is 12.1. The molecule has 2 rings (SSSR count). The number of hydrogen-bond acceptors (Lipinski definition) is 4. The highest BCUT2D eigenvalue weighted by molar-refractivity contribution is 7.88. The van der Waals surface area contributed by atoms with Gasteiger partial charge in [-0.25, -0.2) is 17.5 Å². The highest BCUT2D eigenvalue weighted by Gasteiger charge is 2.25. The number of nitrogens with one attached hydrogen (secondary N) is 2. The molecule has 1 saturated heterocycles. The molecule has 1 aromatic carbocycles. The largest absolute Gasteiger partial charge is 0.335 e. The standard InChI is InChI=1S/C15H20N4O3S/c1-11-3-4-12(10-16)9-14(11)18-15(20)17-13-5-7-19(8-6-13)23(2,21)22/h3-4,9,13H,5-8H2,1-2H3,(H2,17,18,20). The molecule has 23 heavy (non-hydrogen) atoms. The molecular weight excluding hydrogens is 316 g/mol. The number of aryl methyl sites for hydroxylation is 1. The second kappa shape index (κ2) is 6.98. The predicted molar refractivity (Wildman–Crippen MR) is 87.5 cm³/mol. The van der Waals surface area contributed by atoms with Crippen molar-refractivity contribution < 1.29 is 13.2 Å². The smallest absolute Gasteiger partial charge is 0.319 e. The first kappa shape index (κ1) is 17.2. The van der Waals surface area contributed by atoms with Gasteiger partial charge in [0.1, 0.15) is 0 Å². The number of carbonyl (C=O) groups excluding carboxylic acids is 1. The first-order chi connectivity index (χ1) is 10.8. The molecule has 1 heterocycles. The second-order valence-electron chi connectivity index (χ2n) is 5.68. The molecule has 0 spiro atoms. The van der Waals surface area contributed by atoms with Crippen molar-refractivity contribution in [3.05, 3.63) is 29.3 Å². The summed E-state index contributed by atoms with van der Waals surface area (Å²) in [7, 11) is -3.17. The van der Waals surface area contributed by atoms with Crippen LogP contribution in [0.4, 0.5) is 10.5 Å². The lowest BCUT2D eigenvalue weighted by atomic mass is 10.1. The van der Waals surface area contributed by atoms with Crippen molar-refractivity contribution >= 4 is 21.7 Å². The van der Waals surface area contributed by atoms with E-state index in [0.717, 1.165) is 5.56 Å². The molecule has 1 aliphatic heterocycles. The number of urea groups is 1. The van der Waals surface area contributed by atoms with Gasteiger partial charge < -0.3 is 10.6 Å². The van der Waals surface area contributed by atoms with Gasteiger partial charge in [-0.1, -0.05) is 6.07 Å². The van der Waals surface area contributed by atoms with Crippen molar-refractivity contribution in [3.8, 4) is 6.07 Å². The lowest BCUT2D eigenvalue weighted by molar-refractivity contribution is 0.238. The minimum atomic E-state index is -3.17. The van der Waals surface area contributed by atoms with E-state index in [1.54, 1.807) is 18.2 Å². The van der Waals surface area contributed by atoms with Crippen molar-refractivity contribution in [1.29, 1.82) is 5.26 Å². The monoisotopic (exact) mass is 336 g/mol. The molecule has 2 N–H and O–H groups in total. The van der Waals surface area contributed by atoms with Crippen LogP contribution in [0.3, 0.4) is 0 Å². The van der Waals surface area contributed by atoms with Crippen LogP contribution in [0.25, 0.3) is 0 Å². The van der Waals surface area contributed by atoms with Crippen molar-refractivity contribution in [2.45, 2.75) is 25.8 Å². The van der Waals surface area contributed by atoms with E-state index in [2.05, 4.69) is 10.6 Å². The minimum Gasteiger partial charge on any atom is -0.335 e. The zero-order chi connectivity index (χ0) is 17.0. The number of carbonyl (C=O) groups is 1. The van der Waals surface area contributed by atoms with Crippen LogP contribution in [0.5, 0.6) is 0 Å². The second-order valence-corrected chi connectivity index (χ2v) is 7.66. The summed E-state index contributed by atoms with van der Waals surface area (Å²) in [6, 6.07) is 6.72. The number of rotatable bonds is 3. The van der Waals surface area contributed by atoms with Gasteiger partial charge in [-0.05, 0) is 37.5 Å². The van der Waals surface area contributed by atoms with Crippen LogP contribution in [0.2, 0.25) is 0 Å². The third-order valence-corrected chi connectivity index (χ3v) is 5.18. The Balaban J connectivity index is 1.90. The first-order valence-corrected chi connectivity index (χ1v) is 9.18.